The molecule has 1 aliphatic heterocycles. The third kappa shape index (κ3) is 5.00. The molecule has 156 valence electrons. The van der Waals surface area contributed by atoms with E-state index in [0.717, 1.165) is 12.1 Å². The van der Waals surface area contributed by atoms with Crippen LogP contribution in [0.2, 0.25) is 0 Å². The van der Waals surface area contributed by atoms with Gasteiger partial charge in [-0.3, -0.25) is 10.1 Å². The summed E-state index contributed by atoms with van der Waals surface area (Å²) in [7, 11) is 0. The summed E-state index contributed by atoms with van der Waals surface area (Å²) in [5.74, 6) is -5.18. The predicted octanol–water partition coefficient (Wildman–Crippen LogP) is 2.06. The molecule has 0 amide bonds. The van der Waals surface area contributed by atoms with Crippen LogP contribution in [0.3, 0.4) is 0 Å². The number of carbonyl (C=O) groups excluding carboxylic acids is 2. The number of benzene rings is 1. The van der Waals surface area contributed by atoms with Crippen molar-refractivity contribution in [3.05, 3.63) is 33.4 Å². The average Bonchev–Trinajstić information content (AvgIpc) is 2.58. The first kappa shape index (κ1) is 21.7. The molecule has 1 N–H and O–H groups in total. The molecular formula is C18H19NO10. The predicted molar refractivity (Wildman–Crippen MR) is 96.2 cm³/mol. The lowest BCUT2D eigenvalue weighted by Gasteiger charge is -2.29. The minimum absolute atomic E-state index is 0.0547. The van der Waals surface area contributed by atoms with Gasteiger partial charge in [0.1, 0.15) is 5.57 Å². The molecule has 1 aliphatic rings. The van der Waals surface area contributed by atoms with Crippen molar-refractivity contribution in [3.63, 3.8) is 0 Å². The standard InChI is InChI=1S/C18H19NO10/c1-5-26-13-8-10(6-11-16(22)28-18(3,4)29-17(11)23)7-12(19(24)25)14(13)27-9(2)15(20)21/h6-9H,5H2,1-4H3,(H,20,21). The first-order chi connectivity index (χ1) is 13.4. The number of hydrogen-bond acceptors (Lipinski definition) is 9. The molecule has 1 fully saturated rings. The molecule has 0 radical (unpaired) electrons. The summed E-state index contributed by atoms with van der Waals surface area (Å²) in [5, 5.41) is 20.5. The van der Waals surface area contributed by atoms with Gasteiger partial charge in [-0.25, -0.2) is 14.4 Å². The molecule has 0 bridgehead atoms. The van der Waals surface area contributed by atoms with Crippen molar-refractivity contribution in [2.45, 2.75) is 39.6 Å². The Kier molecular flexibility index (Phi) is 6.10. The molecule has 0 saturated carbocycles. The van der Waals surface area contributed by atoms with Crippen molar-refractivity contribution in [3.8, 4) is 11.5 Å². The minimum Gasteiger partial charge on any atom is -0.490 e. The Morgan fingerprint density at radius 3 is 2.38 bits per heavy atom. The van der Waals surface area contributed by atoms with Gasteiger partial charge in [0, 0.05) is 19.9 Å². The Balaban J connectivity index is 2.57. The van der Waals surface area contributed by atoms with Crippen LogP contribution in [0.5, 0.6) is 11.5 Å². The molecule has 11 heteroatoms. The summed E-state index contributed by atoms with van der Waals surface area (Å²) < 4.78 is 20.5. The van der Waals surface area contributed by atoms with E-state index in [1.165, 1.54) is 26.8 Å². The van der Waals surface area contributed by atoms with Gasteiger partial charge in [0.25, 0.3) is 5.79 Å². The number of hydrogen-bond donors (Lipinski definition) is 1. The molecule has 0 spiro atoms. The topological polar surface area (TPSA) is 152 Å². The maximum atomic E-state index is 12.1. The fraction of sp³-hybridized carbons (Fsp3) is 0.389. The number of carboxylic acids is 1. The lowest BCUT2D eigenvalue weighted by molar-refractivity contribution is -0.386. The van der Waals surface area contributed by atoms with Crippen LogP contribution < -0.4 is 9.47 Å². The number of carbonyl (C=O) groups is 3. The summed E-state index contributed by atoms with van der Waals surface area (Å²) in [6, 6.07) is 2.29. The number of aliphatic carboxylic acids is 1. The zero-order chi connectivity index (χ0) is 21.9. The SMILES string of the molecule is CCOc1cc(C=C2C(=O)OC(C)(C)OC2=O)cc([N+](=O)[O-])c1OC(C)C(=O)O. The number of nitro groups is 1. The van der Waals surface area contributed by atoms with E-state index in [0.29, 0.717) is 0 Å². The van der Waals surface area contributed by atoms with Crippen molar-refractivity contribution in [1.29, 1.82) is 0 Å². The first-order valence-corrected chi connectivity index (χ1v) is 8.48. The molecule has 1 aromatic carbocycles. The van der Waals surface area contributed by atoms with Gasteiger partial charge < -0.3 is 24.1 Å². The van der Waals surface area contributed by atoms with E-state index in [-0.39, 0.29) is 23.7 Å². The van der Waals surface area contributed by atoms with E-state index in [2.05, 4.69) is 0 Å². The zero-order valence-electron chi connectivity index (χ0n) is 16.1. The van der Waals surface area contributed by atoms with Gasteiger partial charge in [0.2, 0.25) is 5.75 Å². The summed E-state index contributed by atoms with van der Waals surface area (Å²) in [4.78, 5) is 46.0. The monoisotopic (exact) mass is 409 g/mol. The number of carboxylic acid groups (broad SMARTS) is 1. The van der Waals surface area contributed by atoms with E-state index < -0.39 is 46.0 Å². The van der Waals surface area contributed by atoms with Crippen molar-refractivity contribution in [2.24, 2.45) is 0 Å². The molecule has 1 atom stereocenters. The van der Waals surface area contributed by atoms with Gasteiger partial charge in [-0.2, -0.15) is 0 Å². The molecule has 1 saturated heterocycles. The van der Waals surface area contributed by atoms with Crippen LogP contribution in [-0.2, 0) is 23.9 Å². The number of ether oxygens (including phenoxy) is 4. The molecule has 0 aromatic heterocycles. The van der Waals surface area contributed by atoms with Crippen LogP contribution in [0.15, 0.2) is 17.7 Å². The zero-order valence-corrected chi connectivity index (χ0v) is 16.1. The average molecular weight is 409 g/mol. The van der Waals surface area contributed by atoms with Gasteiger partial charge in [-0.05, 0) is 31.6 Å². The van der Waals surface area contributed by atoms with Crippen LogP contribution in [0.4, 0.5) is 5.69 Å². The Morgan fingerprint density at radius 1 is 1.31 bits per heavy atom. The molecule has 11 nitrogen and oxygen atoms in total. The molecular weight excluding hydrogens is 390 g/mol. The third-order valence-corrected chi connectivity index (χ3v) is 3.62. The van der Waals surface area contributed by atoms with E-state index in [4.69, 9.17) is 24.1 Å². The second-order valence-corrected chi connectivity index (χ2v) is 6.39. The first-order valence-electron chi connectivity index (χ1n) is 8.48. The Bertz CT molecular complexity index is 880. The number of rotatable bonds is 7. The minimum atomic E-state index is -1.43. The van der Waals surface area contributed by atoms with Crippen LogP contribution in [0, 0.1) is 10.1 Å². The fourth-order valence-corrected chi connectivity index (χ4v) is 2.38. The van der Waals surface area contributed by atoms with Crippen molar-refractivity contribution < 1.29 is 43.4 Å². The Labute approximate surface area is 165 Å². The van der Waals surface area contributed by atoms with Crippen LogP contribution >= 0.6 is 0 Å². The second-order valence-electron chi connectivity index (χ2n) is 6.39. The highest BCUT2D eigenvalue weighted by atomic mass is 16.7. The van der Waals surface area contributed by atoms with Crippen LogP contribution in [-0.4, -0.2) is 46.4 Å². The molecule has 0 aliphatic carbocycles. The summed E-state index contributed by atoms with van der Waals surface area (Å²) in [6.07, 6.45) is -0.331. The van der Waals surface area contributed by atoms with Gasteiger partial charge in [0.15, 0.2) is 11.9 Å². The van der Waals surface area contributed by atoms with E-state index in [9.17, 15) is 24.5 Å². The number of esters is 2. The number of nitrogens with zero attached hydrogens (tertiary/aromatic N) is 1. The van der Waals surface area contributed by atoms with E-state index in [1.54, 1.807) is 6.92 Å². The molecule has 1 unspecified atom stereocenters. The Morgan fingerprint density at radius 2 is 1.90 bits per heavy atom. The second kappa shape index (κ2) is 8.17. The van der Waals surface area contributed by atoms with E-state index in [1.807, 2.05) is 0 Å². The summed E-state index contributed by atoms with van der Waals surface area (Å²) >= 11 is 0. The number of cyclic esters (lactones) is 2. The van der Waals surface area contributed by atoms with Crippen molar-refractivity contribution in [1.82, 2.24) is 0 Å². The molecule has 29 heavy (non-hydrogen) atoms. The van der Waals surface area contributed by atoms with Crippen LogP contribution in [0.25, 0.3) is 6.08 Å². The number of nitro benzene ring substituents is 1. The van der Waals surface area contributed by atoms with E-state index >= 15 is 0 Å². The molecule has 1 aromatic rings. The smallest absolute Gasteiger partial charge is 0.348 e. The van der Waals surface area contributed by atoms with Gasteiger partial charge in [-0.15, -0.1) is 0 Å². The lowest BCUT2D eigenvalue weighted by atomic mass is 10.1. The van der Waals surface area contributed by atoms with Crippen molar-refractivity contribution in [2.75, 3.05) is 6.61 Å². The maximum Gasteiger partial charge on any atom is 0.348 e. The highest BCUT2D eigenvalue weighted by Crippen LogP contribution is 2.40. The summed E-state index contributed by atoms with van der Waals surface area (Å²) in [5.41, 5.74) is -1.01. The van der Waals surface area contributed by atoms with Gasteiger partial charge >= 0.3 is 23.6 Å². The largest absolute Gasteiger partial charge is 0.490 e. The van der Waals surface area contributed by atoms with Gasteiger partial charge in [0.05, 0.1) is 11.5 Å². The quantitative estimate of drug-likeness (QED) is 0.233. The normalized spacial score (nSPS) is 16.3. The lowest BCUT2D eigenvalue weighted by Crippen LogP contribution is -2.41. The third-order valence-electron chi connectivity index (χ3n) is 3.62. The highest BCUT2D eigenvalue weighted by Gasteiger charge is 2.39. The maximum absolute atomic E-state index is 12.1. The molecule has 2 rings (SSSR count). The molecule has 1 heterocycles. The van der Waals surface area contributed by atoms with Crippen molar-refractivity contribution >= 4 is 29.7 Å². The van der Waals surface area contributed by atoms with Gasteiger partial charge in [-0.1, -0.05) is 0 Å². The Hall–Kier alpha value is -3.63. The van der Waals surface area contributed by atoms with Crippen LogP contribution in [0.1, 0.15) is 33.3 Å². The fourth-order valence-electron chi connectivity index (χ4n) is 2.38. The summed E-state index contributed by atoms with van der Waals surface area (Å²) in [6.45, 7) is 5.67. The highest BCUT2D eigenvalue weighted by molar-refractivity contribution is 6.18.